The van der Waals surface area contributed by atoms with Gasteiger partial charge in [0.25, 0.3) is 5.56 Å². The van der Waals surface area contributed by atoms with E-state index in [0.29, 0.717) is 22.8 Å². The van der Waals surface area contributed by atoms with E-state index in [-0.39, 0.29) is 17.4 Å². The van der Waals surface area contributed by atoms with Crippen LogP contribution in [0, 0.1) is 6.92 Å². The van der Waals surface area contributed by atoms with Gasteiger partial charge in [-0.25, -0.2) is 0 Å². The molecule has 6 nitrogen and oxygen atoms in total. The first-order chi connectivity index (χ1) is 14.9. The van der Waals surface area contributed by atoms with Crippen LogP contribution in [0.2, 0.25) is 5.02 Å². The Kier molecular flexibility index (Phi) is 6.41. The van der Waals surface area contributed by atoms with Crippen molar-refractivity contribution in [3.05, 3.63) is 92.6 Å². The van der Waals surface area contributed by atoms with Gasteiger partial charge in [0.2, 0.25) is 0 Å². The normalized spacial score (nSPS) is 16.4. The molecule has 1 aliphatic heterocycles. The summed E-state index contributed by atoms with van der Waals surface area (Å²) in [5, 5.41) is 11.6. The molecular formula is C24H27ClN4O2. The number of aromatic nitrogens is 2. The second kappa shape index (κ2) is 9.22. The Hall–Kier alpha value is -2.67. The van der Waals surface area contributed by atoms with E-state index >= 15 is 0 Å². The molecule has 1 aliphatic rings. The van der Waals surface area contributed by atoms with Gasteiger partial charge < -0.3 is 14.6 Å². The van der Waals surface area contributed by atoms with Gasteiger partial charge in [-0.15, -0.1) is 0 Å². The van der Waals surface area contributed by atoms with Crippen LogP contribution < -0.4 is 5.56 Å². The van der Waals surface area contributed by atoms with Crippen LogP contribution in [0.4, 0.5) is 0 Å². The first-order valence-electron chi connectivity index (χ1n) is 10.4. The molecule has 1 atom stereocenters. The molecule has 7 heteroatoms. The molecule has 1 aromatic carbocycles. The fourth-order valence-corrected chi connectivity index (χ4v) is 4.41. The van der Waals surface area contributed by atoms with E-state index in [1.54, 1.807) is 23.0 Å². The van der Waals surface area contributed by atoms with E-state index in [1.165, 1.54) is 0 Å². The number of hydrogen-bond acceptors (Lipinski definition) is 5. The monoisotopic (exact) mass is 438 g/mol. The minimum absolute atomic E-state index is 0.0221. The van der Waals surface area contributed by atoms with Crippen molar-refractivity contribution in [3.63, 3.8) is 0 Å². The summed E-state index contributed by atoms with van der Waals surface area (Å²) in [7, 11) is 2.09. The fourth-order valence-electron chi connectivity index (χ4n) is 4.21. The first-order valence-corrected chi connectivity index (χ1v) is 10.8. The molecule has 3 aromatic rings. The molecular weight excluding hydrogens is 412 g/mol. The molecule has 0 aliphatic carbocycles. The summed E-state index contributed by atoms with van der Waals surface area (Å²) in [6, 6.07) is 12.7. The maximum absolute atomic E-state index is 13.7. The lowest BCUT2D eigenvalue weighted by molar-refractivity contribution is 0.125. The number of rotatable bonds is 5. The van der Waals surface area contributed by atoms with Crippen LogP contribution in [0.5, 0.6) is 5.75 Å². The number of nitrogens with zero attached hydrogens (tertiary/aromatic N) is 4. The second-order valence-electron chi connectivity index (χ2n) is 8.13. The third kappa shape index (κ3) is 4.66. The van der Waals surface area contributed by atoms with E-state index in [1.807, 2.05) is 43.3 Å². The van der Waals surface area contributed by atoms with Gasteiger partial charge in [-0.3, -0.25) is 14.7 Å². The molecule has 31 heavy (non-hydrogen) atoms. The Balaban J connectivity index is 1.84. The Morgan fingerprint density at radius 2 is 1.90 bits per heavy atom. The highest BCUT2D eigenvalue weighted by molar-refractivity contribution is 6.30. The smallest absolute Gasteiger partial charge is 0.259 e. The molecule has 4 rings (SSSR count). The van der Waals surface area contributed by atoms with E-state index in [9.17, 15) is 9.90 Å². The molecule has 2 aromatic heterocycles. The van der Waals surface area contributed by atoms with Crippen LogP contribution in [0.15, 0.2) is 59.7 Å². The maximum atomic E-state index is 13.7. The molecule has 3 heterocycles. The number of halogens is 1. The maximum Gasteiger partial charge on any atom is 0.259 e. The molecule has 0 unspecified atom stereocenters. The standard InChI is InChI=1S/C24H27ClN4O2/c1-17-13-21(30)22(24(31)29(17)16-18-5-4-8-26-15-18)23(19-6-3-7-20(25)14-19)28-11-9-27(2)10-12-28/h3-8,13-15,23,30H,9-12,16H2,1-2H3/t23-/m0/s1. The van der Waals surface area contributed by atoms with Crippen molar-refractivity contribution >= 4 is 11.6 Å². The van der Waals surface area contributed by atoms with Gasteiger partial charge in [-0.05, 0) is 49.4 Å². The number of likely N-dealkylation sites (N-methyl/N-ethyl adjacent to an activating group) is 1. The van der Waals surface area contributed by atoms with Gasteiger partial charge in [0.1, 0.15) is 5.75 Å². The highest BCUT2D eigenvalue weighted by Crippen LogP contribution is 2.34. The van der Waals surface area contributed by atoms with Crippen molar-refractivity contribution in [1.82, 2.24) is 19.4 Å². The summed E-state index contributed by atoms with van der Waals surface area (Å²) in [5.41, 5.74) is 2.74. The van der Waals surface area contributed by atoms with E-state index in [0.717, 1.165) is 37.3 Å². The van der Waals surface area contributed by atoms with E-state index < -0.39 is 0 Å². The quantitative estimate of drug-likeness (QED) is 0.662. The Bertz CT molecular complexity index is 1110. The highest BCUT2D eigenvalue weighted by atomic mass is 35.5. The molecule has 162 valence electrons. The summed E-state index contributed by atoms with van der Waals surface area (Å²) in [6.45, 7) is 5.62. The summed E-state index contributed by atoms with van der Waals surface area (Å²) in [5.74, 6) is 0.0221. The summed E-state index contributed by atoms with van der Waals surface area (Å²) in [4.78, 5) is 22.4. The zero-order valence-electron chi connectivity index (χ0n) is 17.8. The van der Waals surface area contributed by atoms with Gasteiger partial charge in [-0.1, -0.05) is 29.8 Å². The third-order valence-electron chi connectivity index (χ3n) is 5.93. The molecule has 1 N–H and O–H groups in total. The van der Waals surface area contributed by atoms with Gasteiger partial charge in [-0.2, -0.15) is 0 Å². The minimum atomic E-state index is -0.374. The van der Waals surface area contributed by atoms with Crippen LogP contribution >= 0.6 is 11.6 Å². The predicted octanol–water partition coefficient (Wildman–Crippen LogP) is 3.30. The topological polar surface area (TPSA) is 61.6 Å². The summed E-state index contributed by atoms with van der Waals surface area (Å²) >= 11 is 6.30. The average Bonchev–Trinajstić information content (AvgIpc) is 2.76. The van der Waals surface area contributed by atoms with Crippen molar-refractivity contribution in [2.75, 3.05) is 33.2 Å². The Morgan fingerprint density at radius 1 is 1.13 bits per heavy atom. The fraction of sp³-hybridized carbons (Fsp3) is 0.333. The largest absolute Gasteiger partial charge is 0.507 e. The zero-order chi connectivity index (χ0) is 22.0. The number of hydrogen-bond donors (Lipinski definition) is 1. The van der Waals surface area contributed by atoms with E-state index in [4.69, 9.17) is 11.6 Å². The number of pyridine rings is 2. The van der Waals surface area contributed by atoms with Crippen LogP contribution in [0.25, 0.3) is 0 Å². The van der Waals surface area contributed by atoms with Crippen molar-refractivity contribution in [3.8, 4) is 5.75 Å². The van der Waals surface area contributed by atoms with E-state index in [2.05, 4.69) is 21.8 Å². The van der Waals surface area contributed by atoms with Gasteiger partial charge in [0, 0.05) is 49.3 Å². The van der Waals surface area contributed by atoms with Gasteiger partial charge >= 0.3 is 0 Å². The average molecular weight is 439 g/mol. The lowest BCUT2D eigenvalue weighted by atomic mass is 9.96. The van der Waals surface area contributed by atoms with Gasteiger partial charge in [0.15, 0.2) is 0 Å². The molecule has 0 bridgehead atoms. The highest BCUT2D eigenvalue weighted by Gasteiger charge is 2.31. The number of aromatic hydroxyl groups is 1. The summed E-state index contributed by atoms with van der Waals surface area (Å²) in [6.07, 6.45) is 3.47. The van der Waals surface area contributed by atoms with Crippen molar-refractivity contribution in [2.45, 2.75) is 19.5 Å². The van der Waals surface area contributed by atoms with Gasteiger partial charge in [0.05, 0.1) is 18.2 Å². The number of aryl methyl sites for hydroxylation is 1. The second-order valence-corrected chi connectivity index (χ2v) is 8.57. The molecule has 0 spiro atoms. The summed E-state index contributed by atoms with van der Waals surface area (Å²) < 4.78 is 1.71. The third-order valence-corrected chi connectivity index (χ3v) is 6.16. The van der Waals surface area contributed by atoms with Crippen molar-refractivity contribution in [1.29, 1.82) is 0 Å². The minimum Gasteiger partial charge on any atom is -0.507 e. The predicted molar refractivity (Wildman–Crippen MR) is 123 cm³/mol. The first kappa shape index (κ1) is 21.6. The van der Waals surface area contributed by atoms with Crippen molar-refractivity contribution < 1.29 is 5.11 Å². The lowest BCUT2D eigenvalue weighted by Gasteiger charge is -2.38. The molecule has 0 radical (unpaired) electrons. The zero-order valence-corrected chi connectivity index (χ0v) is 18.6. The molecule has 1 saturated heterocycles. The Labute approximate surface area is 187 Å². The van der Waals surface area contributed by atoms with Crippen LogP contribution in [-0.2, 0) is 6.54 Å². The van der Waals surface area contributed by atoms with Crippen molar-refractivity contribution in [2.24, 2.45) is 0 Å². The number of benzene rings is 1. The van der Waals surface area contributed by atoms with Crippen LogP contribution in [-0.4, -0.2) is 57.7 Å². The SMILES string of the molecule is Cc1cc(O)c([C@H](c2cccc(Cl)c2)N2CCN(C)CC2)c(=O)n1Cc1cccnc1. The molecule has 1 fully saturated rings. The Morgan fingerprint density at radius 3 is 2.58 bits per heavy atom. The van der Waals surface area contributed by atoms with Crippen LogP contribution in [0.3, 0.4) is 0 Å². The molecule has 0 saturated carbocycles. The lowest BCUT2D eigenvalue weighted by Crippen LogP contribution is -2.47. The number of piperazine rings is 1. The molecule has 0 amide bonds. The van der Waals surface area contributed by atoms with Crippen LogP contribution in [0.1, 0.15) is 28.4 Å².